The monoisotopic (exact) mass is 506 g/mol. The van der Waals surface area contributed by atoms with Gasteiger partial charge in [-0.15, -0.1) is 0 Å². The molecule has 2 aliphatic heterocycles. The molecule has 1 aromatic heterocycles. The van der Waals surface area contributed by atoms with Gasteiger partial charge in [-0.05, 0) is 50.8 Å². The van der Waals surface area contributed by atoms with Gasteiger partial charge >= 0.3 is 0 Å². The van der Waals surface area contributed by atoms with Gasteiger partial charge in [-0.25, -0.2) is 0 Å². The molecule has 0 radical (unpaired) electrons. The van der Waals surface area contributed by atoms with Crippen LogP contribution in [0.15, 0.2) is 40.0 Å². The van der Waals surface area contributed by atoms with Gasteiger partial charge in [0.1, 0.15) is 21.8 Å². The van der Waals surface area contributed by atoms with Gasteiger partial charge < -0.3 is 4.90 Å². The summed E-state index contributed by atoms with van der Waals surface area (Å²) >= 11 is 6.90. The molecule has 6 nitrogen and oxygen atoms in total. The van der Waals surface area contributed by atoms with Crippen LogP contribution in [-0.2, 0) is 11.3 Å². The number of hydrogen-bond donors (Lipinski definition) is 0. The average molecular weight is 507 g/mol. The third-order valence-electron chi connectivity index (χ3n) is 6.84. The van der Waals surface area contributed by atoms with Crippen molar-refractivity contribution in [2.75, 3.05) is 18.0 Å². The molecule has 35 heavy (non-hydrogen) atoms. The van der Waals surface area contributed by atoms with Crippen molar-refractivity contribution in [2.45, 2.75) is 59.0 Å². The van der Waals surface area contributed by atoms with Crippen molar-refractivity contribution >= 4 is 46.1 Å². The highest BCUT2D eigenvalue weighted by atomic mass is 32.2. The van der Waals surface area contributed by atoms with Crippen LogP contribution in [-0.4, -0.2) is 32.8 Å². The highest BCUT2D eigenvalue weighted by Gasteiger charge is 2.36. The summed E-state index contributed by atoms with van der Waals surface area (Å²) in [5, 5.41) is 9.79. The molecule has 4 rings (SSSR count). The molecular weight excluding hydrogens is 476 g/mol. The predicted molar refractivity (Wildman–Crippen MR) is 146 cm³/mol. The summed E-state index contributed by atoms with van der Waals surface area (Å²) in [5.41, 5.74) is 2.25. The number of amides is 1. The van der Waals surface area contributed by atoms with E-state index in [4.69, 9.17) is 12.2 Å². The minimum absolute atomic E-state index is 0.129. The Labute approximate surface area is 216 Å². The SMILES string of the molecule is CCn1c(N2CCCCCC2)c(C=C2SC(=S)N(C(C)c3ccccc3)C2=O)c(C)c(C#N)c1=O. The normalized spacial score (nSPS) is 18.6. The fraction of sp³-hybridized carbons (Fsp3) is 0.407. The number of aromatic nitrogens is 1. The minimum Gasteiger partial charge on any atom is -0.357 e. The molecule has 0 aliphatic carbocycles. The average Bonchev–Trinajstić information content (AvgIpc) is 3.02. The molecule has 0 saturated carbocycles. The Kier molecular flexibility index (Phi) is 7.78. The van der Waals surface area contributed by atoms with Crippen LogP contribution in [0, 0.1) is 18.3 Å². The molecule has 182 valence electrons. The summed E-state index contributed by atoms with van der Waals surface area (Å²) in [6.07, 6.45) is 6.26. The van der Waals surface area contributed by atoms with Crippen LogP contribution in [0.3, 0.4) is 0 Å². The van der Waals surface area contributed by atoms with E-state index >= 15 is 0 Å². The number of hydrogen-bond acceptors (Lipinski definition) is 6. The van der Waals surface area contributed by atoms with E-state index < -0.39 is 0 Å². The van der Waals surface area contributed by atoms with E-state index in [1.54, 1.807) is 16.4 Å². The number of benzene rings is 1. The van der Waals surface area contributed by atoms with Crippen LogP contribution in [0.5, 0.6) is 0 Å². The van der Waals surface area contributed by atoms with Gasteiger partial charge in [-0.3, -0.25) is 19.1 Å². The number of nitrogens with zero attached hydrogens (tertiary/aromatic N) is 4. The standard InChI is InChI=1S/C27H30N4O2S2/c1-4-30-24(29-14-10-5-6-11-15-29)21(18(2)22(17-28)25(30)32)16-23-26(33)31(27(34)35-23)19(3)20-12-8-7-9-13-20/h7-9,12-13,16,19H,4-6,10-11,14-15H2,1-3H3. The van der Waals surface area contributed by atoms with Crippen molar-refractivity contribution in [1.82, 2.24) is 9.47 Å². The lowest BCUT2D eigenvalue weighted by molar-refractivity contribution is -0.123. The van der Waals surface area contributed by atoms with Crippen molar-refractivity contribution in [2.24, 2.45) is 0 Å². The molecule has 0 spiro atoms. The topological polar surface area (TPSA) is 69.3 Å². The van der Waals surface area contributed by atoms with Crippen molar-refractivity contribution in [3.05, 3.63) is 67.8 Å². The second-order valence-electron chi connectivity index (χ2n) is 8.94. The Hall–Kier alpha value is -2.89. The molecule has 2 aliphatic rings. The van der Waals surface area contributed by atoms with E-state index in [0.29, 0.717) is 21.3 Å². The molecule has 2 fully saturated rings. The molecule has 1 aromatic carbocycles. The lowest BCUT2D eigenvalue weighted by Gasteiger charge is -2.29. The van der Waals surface area contributed by atoms with Gasteiger partial charge in [-0.2, -0.15) is 5.26 Å². The number of rotatable bonds is 5. The van der Waals surface area contributed by atoms with Gasteiger partial charge in [0.15, 0.2) is 0 Å². The third kappa shape index (κ3) is 4.80. The first kappa shape index (κ1) is 25.2. The zero-order valence-electron chi connectivity index (χ0n) is 20.4. The van der Waals surface area contributed by atoms with Crippen molar-refractivity contribution in [3.63, 3.8) is 0 Å². The van der Waals surface area contributed by atoms with E-state index in [1.807, 2.05) is 50.3 Å². The Morgan fingerprint density at radius 2 is 1.80 bits per heavy atom. The van der Waals surface area contributed by atoms with Crippen LogP contribution >= 0.6 is 24.0 Å². The molecule has 1 unspecified atom stereocenters. The molecule has 1 atom stereocenters. The second-order valence-corrected chi connectivity index (χ2v) is 10.6. The Morgan fingerprint density at radius 3 is 2.40 bits per heavy atom. The fourth-order valence-corrected chi connectivity index (χ4v) is 6.29. The molecule has 0 bridgehead atoms. The van der Waals surface area contributed by atoms with Gasteiger partial charge in [0.05, 0.1) is 10.9 Å². The number of carbonyl (C=O) groups excluding carboxylic acids is 1. The summed E-state index contributed by atoms with van der Waals surface area (Å²) in [6.45, 7) is 7.84. The number of anilines is 1. The van der Waals surface area contributed by atoms with Gasteiger partial charge in [0.2, 0.25) is 0 Å². The number of pyridine rings is 1. The highest BCUT2D eigenvalue weighted by Crippen LogP contribution is 2.40. The van der Waals surface area contributed by atoms with Crippen LogP contribution in [0.1, 0.15) is 67.8 Å². The maximum absolute atomic E-state index is 13.6. The third-order valence-corrected chi connectivity index (χ3v) is 8.17. The lowest BCUT2D eigenvalue weighted by Crippen LogP contribution is -2.35. The van der Waals surface area contributed by atoms with Gasteiger partial charge in [0, 0.05) is 25.2 Å². The van der Waals surface area contributed by atoms with Crippen LogP contribution < -0.4 is 10.5 Å². The number of carbonyl (C=O) groups is 1. The largest absolute Gasteiger partial charge is 0.357 e. The first-order chi connectivity index (χ1) is 16.9. The zero-order chi connectivity index (χ0) is 25.1. The number of thiocarbonyl (C=S) groups is 1. The van der Waals surface area contributed by atoms with E-state index in [-0.39, 0.29) is 23.1 Å². The first-order valence-corrected chi connectivity index (χ1v) is 13.4. The van der Waals surface area contributed by atoms with Crippen molar-refractivity contribution < 1.29 is 4.79 Å². The summed E-state index contributed by atoms with van der Waals surface area (Å²) < 4.78 is 2.20. The van der Waals surface area contributed by atoms with E-state index in [2.05, 4.69) is 11.0 Å². The lowest BCUT2D eigenvalue weighted by atomic mass is 10.0. The Bertz CT molecular complexity index is 1270. The molecule has 3 heterocycles. The van der Waals surface area contributed by atoms with Gasteiger partial charge in [0.25, 0.3) is 11.5 Å². The molecular formula is C27H30N4O2S2. The van der Waals surface area contributed by atoms with Crippen LogP contribution in [0.2, 0.25) is 0 Å². The summed E-state index contributed by atoms with van der Waals surface area (Å²) in [5.74, 6) is 0.655. The van der Waals surface area contributed by atoms with Crippen molar-refractivity contribution in [3.8, 4) is 6.07 Å². The van der Waals surface area contributed by atoms with Gasteiger partial charge in [-0.1, -0.05) is 67.2 Å². The zero-order valence-corrected chi connectivity index (χ0v) is 22.0. The minimum atomic E-state index is -0.269. The first-order valence-electron chi connectivity index (χ1n) is 12.1. The Balaban J connectivity index is 1.84. The van der Waals surface area contributed by atoms with Crippen LogP contribution in [0.25, 0.3) is 6.08 Å². The maximum atomic E-state index is 13.6. The number of nitriles is 1. The maximum Gasteiger partial charge on any atom is 0.270 e. The van der Waals surface area contributed by atoms with Crippen LogP contribution in [0.4, 0.5) is 5.82 Å². The van der Waals surface area contributed by atoms with E-state index in [9.17, 15) is 14.9 Å². The number of thioether (sulfide) groups is 1. The molecule has 8 heteroatoms. The summed E-state index contributed by atoms with van der Waals surface area (Å²) in [7, 11) is 0. The van der Waals surface area contributed by atoms with E-state index in [1.165, 1.54) is 11.8 Å². The predicted octanol–water partition coefficient (Wildman–Crippen LogP) is 5.39. The molecule has 2 saturated heterocycles. The Morgan fingerprint density at radius 1 is 1.14 bits per heavy atom. The quantitative estimate of drug-likeness (QED) is 0.400. The highest BCUT2D eigenvalue weighted by molar-refractivity contribution is 8.26. The summed E-state index contributed by atoms with van der Waals surface area (Å²) in [4.78, 5) is 31.2. The smallest absolute Gasteiger partial charge is 0.270 e. The summed E-state index contributed by atoms with van der Waals surface area (Å²) in [6, 6.07) is 11.7. The fourth-order valence-electron chi connectivity index (χ4n) is 4.89. The van der Waals surface area contributed by atoms with Crippen molar-refractivity contribution in [1.29, 1.82) is 5.26 Å². The molecule has 1 amide bonds. The second kappa shape index (κ2) is 10.8. The molecule has 0 N–H and O–H groups in total. The molecule has 2 aromatic rings. The van der Waals surface area contributed by atoms with E-state index in [0.717, 1.165) is 55.7 Å².